The van der Waals surface area contributed by atoms with Crippen LogP contribution in [0.3, 0.4) is 0 Å². The van der Waals surface area contributed by atoms with Gasteiger partial charge in [-0.1, -0.05) is 6.92 Å². The van der Waals surface area contributed by atoms with E-state index in [1.54, 1.807) is 0 Å². The van der Waals surface area contributed by atoms with Crippen LogP contribution >= 0.6 is 0 Å². The lowest BCUT2D eigenvalue weighted by Crippen LogP contribution is -2.65. The molecule has 0 aromatic rings. The fourth-order valence-corrected chi connectivity index (χ4v) is 4.46. The van der Waals surface area contributed by atoms with Gasteiger partial charge < -0.3 is 4.74 Å². The van der Waals surface area contributed by atoms with E-state index in [-0.39, 0.29) is 11.3 Å². The number of rotatable bonds is 2. The zero-order valence-electron chi connectivity index (χ0n) is 10.3. The van der Waals surface area contributed by atoms with Gasteiger partial charge in [0.1, 0.15) is 5.72 Å². The second-order valence-corrected chi connectivity index (χ2v) is 6.26. The van der Waals surface area contributed by atoms with Crippen molar-refractivity contribution in [1.29, 1.82) is 0 Å². The SMILES string of the molecule is CCC12C[C@H]3C[C@@H](C1)CC(N(C)C)(C3)O2. The first-order chi connectivity index (χ1) is 7.07. The molecule has 0 radical (unpaired) electrons. The second-order valence-electron chi connectivity index (χ2n) is 6.26. The minimum Gasteiger partial charge on any atom is -0.354 e. The topological polar surface area (TPSA) is 12.5 Å². The standard InChI is InChI=1S/C13H23NO/c1-4-12-6-10-5-11(7-12)9-13(8-10,15-12)14(2)3/h10-11H,4-9H2,1-3H3/t10-,11+,12?,13?. The van der Waals surface area contributed by atoms with E-state index >= 15 is 0 Å². The maximum absolute atomic E-state index is 6.53. The molecule has 0 aromatic heterocycles. The summed E-state index contributed by atoms with van der Waals surface area (Å²) in [5.74, 6) is 1.88. The summed E-state index contributed by atoms with van der Waals surface area (Å²) >= 11 is 0. The van der Waals surface area contributed by atoms with E-state index in [4.69, 9.17) is 4.74 Å². The lowest BCUT2D eigenvalue weighted by atomic mass is 9.59. The monoisotopic (exact) mass is 209 g/mol. The van der Waals surface area contributed by atoms with Crippen LogP contribution in [-0.2, 0) is 4.74 Å². The van der Waals surface area contributed by atoms with Crippen molar-refractivity contribution in [2.45, 2.75) is 56.8 Å². The summed E-state index contributed by atoms with van der Waals surface area (Å²) in [5.41, 5.74) is 0.342. The number of ether oxygens (including phenoxy) is 1. The Balaban J connectivity index is 1.95. The van der Waals surface area contributed by atoms with Crippen LogP contribution in [0.4, 0.5) is 0 Å². The van der Waals surface area contributed by atoms with Crippen molar-refractivity contribution in [3.8, 4) is 0 Å². The number of nitrogens with zero attached hydrogens (tertiary/aromatic N) is 1. The molecule has 4 aliphatic rings. The summed E-state index contributed by atoms with van der Waals surface area (Å²) in [6, 6.07) is 0. The summed E-state index contributed by atoms with van der Waals surface area (Å²) in [5, 5.41) is 0. The van der Waals surface area contributed by atoms with E-state index in [1.165, 1.54) is 38.5 Å². The highest BCUT2D eigenvalue weighted by molar-refractivity contribution is 5.06. The molecule has 0 aromatic carbocycles. The first-order valence-electron chi connectivity index (χ1n) is 6.45. The number of hydrogen-bond acceptors (Lipinski definition) is 2. The van der Waals surface area contributed by atoms with Gasteiger partial charge in [-0.2, -0.15) is 0 Å². The predicted octanol–water partition coefficient (Wildman–Crippen LogP) is 2.63. The van der Waals surface area contributed by atoms with Crippen LogP contribution in [0.15, 0.2) is 0 Å². The molecule has 2 saturated carbocycles. The summed E-state index contributed by atoms with van der Waals surface area (Å²) < 4.78 is 6.53. The molecular formula is C13H23NO. The van der Waals surface area contributed by atoms with Crippen LogP contribution in [0.2, 0.25) is 0 Å². The van der Waals surface area contributed by atoms with Gasteiger partial charge in [0.05, 0.1) is 5.60 Å². The Hall–Kier alpha value is -0.0800. The molecule has 4 bridgehead atoms. The molecule has 4 fully saturated rings. The zero-order chi connectivity index (χ0) is 10.7. The van der Waals surface area contributed by atoms with Crippen molar-refractivity contribution in [2.24, 2.45) is 11.8 Å². The van der Waals surface area contributed by atoms with Gasteiger partial charge in [0.2, 0.25) is 0 Å². The molecule has 2 aliphatic carbocycles. The van der Waals surface area contributed by atoms with Crippen molar-refractivity contribution >= 4 is 0 Å². The molecule has 2 saturated heterocycles. The third kappa shape index (κ3) is 1.31. The van der Waals surface area contributed by atoms with Gasteiger partial charge in [-0.3, -0.25) is 4.90 Å². The summed E-state index contributed by atoms with van der Waals surface area (Å²) in [6.07, 6.45) is 7.89. The average Bonchev–Trinajstić information content (AvgIpc) is 2.15. The molecule has 4 rings (SSSR count). The fraction of sp³-hybridized carbons (Fsp3) is 1.00. The molecule has 2 nitrogen and oxygen atoms in total. The van der Waals surface area contributed by atoms with Crippen LogP contribution in [0.25, 0.3) is 0 Å². The molecule has 4 atom stereocenters. The smallest absolute Gasteiger partial charge is 0.122 e. The van der Waals surface area contributed by atoms with Gasteiger partial charge in [-0.25, -0.2) is 0 Å². The highest BCUT2D eigenvalue weighted by Crippen LogP contribution is 2.59. The van der Waals surface area contributed by atoms with Gasteiger partial charge in [-0.15, -0.1) is 0 Å². The fourth-order valence-electron chi connectivity index (χ4n) is 4.46. The normalized spacial score (nSPS) is 52.8. The summed E-state index contributed by atoms with van der Waals surface area (Å²) in [4.78, 5) is 2.34. The lowest BCUT2D eigenvalue weighted by molar-refractivity contribution is -0.318. The Labute approximate surface area is 93.0 Å². The van der Waals surface area contributed by atoms with Gasteiger partial charge in [-0.05, 0) is 64.5 Å². The van der Waals surface area contributed by atoms with Crippen molar-refractivity contribution in [2.75, 3.05) is 14.1 Å². The van der Waals surface area contributed by atoms with Crippen LogP contribution < -0.4 is 0 Å². The van der Waals surface area contributed by atoms with Crippen LogP contribution in [-0.4, -0.2) is 30.3 Å². The van der Waals surface area contributed by atoms with E-state index in [2.05, 4.69) is 25.9 Å². The Bertz CT molecular complexity index is 260. The third-order valence-corrected chi connectivity index (χ3v) is 5.07. The Morgan fingerprint density at radius 3 is 2.20 bits per heavy atom. The highest BCUT2D eigenvalue weighted by Gasteiger charge is 2.58. The van der Waals surface area contributed by atoms with Gasteiger partial charge >= 0.3 is 0 Å². The minimum atomic E-state index is 0.0973. The molecule has 86 valence electrons. The Morgan fingerprint density at radius 2 is 1.73 bits per heavy atom. The van der Waals surface area contributed by atoms with Crippen molar-refractivity contribution in [1.82, 2.24) is 4.90 Å². The molecule has 15 heavy (non-hydrogen) atoms. The van der Waals surface area contributed by atoms with Crippen LogP contribution in [0, 0.1) is 11.8 Å². The van der Waals surface area contributed by atoms with E-state index in [9.17, 15) is 0 Å². The van der Waals surface area contributed by atoms with Crippen molar-refractivity contribution < 1.29 is 4.74 Å². The molecule has 2 aliphatic heterocycles. The predicted molar refractivity (Wildman–Crippen MR) is 60.6 cm³/mol. The van der Waals surface area contributed by atoms with Gasteiger partial charge in [0, 0.05) is 0 Å². The maximum atomic E-state index is 6.53. The quantitative estimate of drug-likeness (QED) is 0.693. The van der Waals surface area contributed by atoms with E-state index in [1.807, 2.05) is 0 Å². The maximum Gasteiger partial charge on any atom is 0.122 e. The summed E-state index contributed by atoms with van der Waals surface area (Å²) in [7, 11) is 4.38. The molecule has 2 heterocycles. The second kappa shape index (κ2) is 2.98. The Morgan fingerprint density at radius 1 is 1.13 bits per heavy atom. The van der Waals surface area contributed by atoms with Crippen LogP contribution in [0.1, 0.15) is 45.4 Å². The molecule has 2 unspecified atom stereocenters. The van der Waals surface area contributed by atoms with Gasteiger partial charge in [0.25, 0.3) is 0 Å². The van der Waals surface area contributed by atoms with Crippen LogP contribution in [0.5, 0.6) is 0 Å². The van der Waals surface area contributed by atoms with E-state index in [0.29, 0.717) is 0 Å². The molecule has 2 heteroatoms. The van der Waals surface area contributed by atoms with E-state index in [0.717, 1.165) is 11.8 Å². The third-order valence-electron chi connectivity index (χ3n) is 5.07. The Kier molecular flexibility index (Phi) is 2.01. The largest absolute Gasteiger partial charge is 0.354 e. The van der Waals surface area contributed by atoms with Gasteiger partial charge in [0.15, 0.2) is 0 Å². The van der Waals surface area contributed by atoms with Crippen molar-refractivity contribution in [3.05, 3.63) is 0 Å². The lowest BCUT2D eigenvalue weighted by Gasteiger charge is -2.63. The average molecular weight is 209 g/mol. The summed E-state index contributed by atoms with van der Waals surface area (Å²) in [6.45, 7) is 2.30. The first kappa shape index (κ1) is 10.1. The molecule has 0 amide bonds. The highest BCUT2D eigenvalue weighted by atomic mass is 16.5. The number of hydrogen-bond donors (Lipinski definition) is 0. The minimum absolute atomic E-state index is 0.0973. The molecular weight excluding hydrogens is 186 g/mol. The molecule has 0 spiro atoms. The van der Waals surface area contributed by atoms with Crippen molar-refractivity contribution in [3.63, 3.8) is 0 Å². The zero-order valence-corrected chi connectivity index (χ0v) is 10.3. The first-order valence-corrected chi connectivity index (χ1v) is 6.45. The molecule has 0 N–H and O–H groups in total. The van der Waals surface area contributed by atoms with E-state index < -0.39 is 0 Å².